The Bertz CT molecular complexity index is 1210. The molecule has 4 N–H and O–H groups in total. The molecular weight excluding hydrogens is 518 g/mol. The number of carbonyl (C=O) groups is 4. The van der Waals surface area contributed by atoms with Gasteiger partial charge in [0.25, 0.3) is 0 Å². The smallest absolute Gasteiger partial charge is 0.408 e. The van der Waals surface area contributed by atoms with Crippen LogP contribution < -0.4 is 10.6 Å². The lowest BCUT2D eigenvalue weighted by molar-refractivity contribution is -0.145. The number of esters is 1. The van der Waals surface area contributed by atoms with E-state index >= 15 is 0 Å². The summed E-state index contributed by atoms with van der Waals surface area (Å²) >= 11 is 0. The first-order chi connectivity index (χ1) is 18.9. The van der Waals surface area contributed by atoms with Crippen molar-refractivity contribution in [2.75, 3.05) is 26.8 Å². The number of amides is 3. The van der Waals surface area contributed by atoms with Gasteiger partial charge in [-0.3, -0.25) is 14.4 Å². The van der Waals surface area contributed by atoms with Gasteiger partial charge in [0.1, 0.15) is 30.0 Å². The molecule has 11 nitrogen and oxygen atoms in total. The van der Waals surface area contributed by atoms with Gasteiger partial charge in [0.15, 0.2) is 0 Å². The molecule has 0 aromatic heterocycles. The summed E-state index contributed by atoms with van der Waals surface area (Å²) in [5, 5.41) is 24.5. The lowest BCUT2D eigenvalue weighted by Crippen LogP contribution is -2.54. The van der Waals surface area contributed by atoms with Gasteiger partial charge in [-0.1, -0.05) is 30.2 Å². The van der Waals surface area contributed by atoms with Crippen LogP contribution in [0.2, 0.25) is 0 Å². The number of hydrogen-bond donors (Lipinski definition) is 4. The highest BCUT2D eigenvalue weighted by Gasteiger charge is 2.36. The van der Waals surface area contributed by atoms with Crippen LogP contribution in [-0.2, 0) is 30.3 Å². The largest absolute Gasteiger partial charge is 0.508 e. The number of aromatic hydroxyl groups is 1. The molecule has 2 rings (SSSR count). The van der Waals surface area contributed by atoms with E-state index in [1.165, 1.54) is 19.2 Å². The summed E-state index contributed by atoms with van der Waals surface area (Å²) in [5.74, 6) is 0.370. The fourth-order valence-corrected chi connectivity index (χ4v) is 3.75. The molecule has 0 saturated carbocycles. The second-order valence-electron chi connectivity index (χ2n) is 9.79. The van der Waals surface area contributed by atoms with Crippen molar-refractivity contribution in [2.45, 2.75) is 44.9 Å². The van der Waals surface area contributed by atoms with Crippen LogP contribution >= 0.6 is 0 Å². The Hall–Kier alpha value is -4.56. The van der Waals surface area contributed by atoms with Gasteiger partial charge in [0, 0.05) is 18.5 Å². The van der Waals surface area contributed by atoms with Gasteiger partial charge in [-0.2, -0.15) is 0 Å². The minimum absolute atomic E-state index is 0.0198. The molecule has 0 fully saturated rings. The molecule has 2 unspecified atom stereocenters. The zero-order valence-electron chi connectivity index (χ0n) is 23.0. The first kappa shape index (κ1) is 31.7. The Labute approximate surface area is 233 Å². The Kier molecular flexibility index (Phi) is 11.5. The van der Waals surface area contributed by atoms with Gasteiger partial charge in [0.2, 0.25) is 11.8 Å². The number of rotatable bonds is 11. The Morgan fingerprint density at radius 1 is 1.05 bits per heavy atom. The molecule has 2 aromatic carbocycles. The fourth-order valence-electron chi connectivity index (χ4n) is 3.75. The highest BCUT2D eigenvalue weighted by molar-refractivity contribution is 5.93. The molecule has 0 radical (unpaired) electrons. The highest BCUT2D eigenvalue weighted by Crippen LogP contribution is 2.24. The third-order valence-corrected chi connectivity index (χ3v) is 5.58. The van der Waals surface area contributed by atoms with Crippen molar-refractivity contribution in [3.8, 4) is 18.1 Å². The monoisotopic (exact) mass is 553 g/mol. The molecule has 3 amide bonds. The van der Waals surface area contributed by atoms with Crippen LogP contribution in [0.1, 0.15) is 43.5 Å². The molecule has 0 heterocycles. The average molecular weight is 554 g/mol. The number of carbonyl (C=O) groups excluding carboxylic acids is 4. The van der Waals surface area contributed by atoms with Crippen molar-refractivity contribution in [3.63, 3.8) is 0 Å². The maximum Gasteiger partial charge on any atom is 0.408 e. The van der Waals surface area contributed by atoms with Crippen LogP contribution in [-0.4, -0.2) is 77.4 Å². The van der Waals surface area contributed by atoms with Gasteiger partial charge < -0.3 is 35.2 Å². The van der Waals surface area contributed by atoms with Crippen molar-refractivity contribution in [2.24, 2.45) is 0 Å². The number of alkyl carbamates (subject to hydrolysis) is 1. The molecule has 0 aliphatic rings. The van der Waals surface area contributed by atoms with Crippen LogP contribution in [0.3, 0.4) is 0 Å². The van der Waals surface area contributed by atoms with E-state index < -0.39 is 54.7 Å². The number of phenolic OH excluding ortho intramolecular Hbond substituents is 1. The number of methoxy groups -OCH3 is 1. The molecule has 2 aromatic rings. The molecule has 2 atom stereocenters. The van der Waals surface area contributed by atoms with E-state index in [-0.39, 0.29) is 18.7 Å². The first-order valence-electron chi connectivity index (χ1n) is 12.5. The van der Waals surface area contributed by atoms with Gasteiger partial charge in [-0.25, -0.2) is 4.79 Å². The minimum Gasteiger partial charge on any atom is -0.508 e. The SMILES string of the molecule is C#Cc1ccc(C(C(=O)NCC(=O)OC)N(CCO)C(=O)C(Cc2ccc(O)cc2)NC(=O)OC(C)(C)C)cc1. The molecule has 0 saturated heterocycles. The van der Waals surface area contributed by atoms with E-state index in [0.717, 1.165) is 4.90 Å². The molecular formula is C29H35N3O8. The number of nitrogens with zero attached hydrogens (tertiary/aromatic N) is 1. The zero-order chi connectivity index (χ0) is 29.9. The fraction of sp³-hybridized carbons (Fsp3) is 0.379. The molecule has 0 bridgehead atoms. The summed E-state index contributed by atoms with van der Waals surface area (Å²) in [6.07, 6.45) is 4.57. The standard InChI is InChI=1S/C29H35N3O8/c1-6-19-7-11-21(12-8-19)25(26(36)30-18-24(35)39-5)32(15-16-33)27(37)23(31-28(38)40-29(2,3)4)17-20-9-13-22(34)14-10-20/h1,7-14,23,25,33-34H,15-18H2,2-5H3,(H,30,36)(H,31,38). The van der Waals surface area contributed by atoms with E-state index in [2.05, 4.69) is 21.3 Å². The van der Waals surface area contributed by atoms with Crippen molar-refractivity contribution in [1.82, 2.24) is 15.5 Å². The minimum atomic E-state index is -1.31. The van der Waals surface area contributed by atoms with Gasteiger partial charge >= 0.3 is 12.1 Å². The number of nitrogens with one attached hydrogen (secondary N) is 2. The molecule has 0 spiro atoms. The van der Waals surface area contributed by atoms with E-state index in [1.807, 2.05) is 0 Å². The summed E-state index contributed by atoms with van der Waals surface area (Å²) in [6, 6.07) is 9.80. The lowest BCUT2D eigenvalue weighted by atomic mass is 9.99. The van der Waals surface area contributed by atoms with Crippen LogP contribution in [0.5, 0.6) is 5.75 Å². The van der Waals surface area contributed by atoms with E-state index in [4.69, 9.17) is 11.2 Å². The first-order valence-corrected chi connectivity index (χ1v) is 12.5. The zero-order valence-corrected chi connectivity index (χ0v) is 23.0. The quantitative estimate of drug-likeness (QED) is 0.242. The van der Waals surface area contributed by atoms with Crippen molar-refractivity contribution in [1.29, 1.82) is 0 Å². The maximum atomic E-state index is 14.0. The molecule has 214 valence electrons. The summed E-state index contributed by atoms with van der Waals surface area (Å²) in [5.41, 5.74) is 0.634. The number of hydrogen-bond acceptors (Lipinski definition) is 8. The summed E-state index contributed by atoms with van der Waals surface area (Å²) < 4.78 is 9.94. The third kappa shape index (κ3) is 9.63. The Morgan fingerprint density at radius 3 is 2.20 bits per heavy atom. The normalized spacial score (nSPS) is 12.3. The second-order valence-corrected chi connectivity index (χ2v) is 9.79. The number of terminal acetylenes is 1. The van der Waals surface area contributed by atoms with E-state index in [1.54, 1.807) is 57.2 Å². The van der Waals surface area contributed by atoms with Gasteiger partial charge in [-0.05, 0) is 56.2 Å². The molecule has 11 heteroatoms. The number of aliphatic hydroxyl groups is 1. The number of ether oxygens (including phenoxy) is 2. The van der Waals surface area contributed by atoms with Crippen LogP contribution in [0.4, 0.5) is 4.79 Å². The van der Waals surface area contributed by atoms with Crippen LogP contribution in [0, 0.1) is 12.3 Å². The second kappa shape index (κ2) is 14.6. The Morgan fingerprint density at radius 2 is 1.68 bits per heavy atom. The Balaban J connectivity index is 2.53. The average Bonchev–Trinajstić information content (AvgIpc) is 2.91. The lowest BCUT2D eigenvalue weighted by Gasteiger charge is -2.34. The predicted molar refractivity (Wildman–Crippen MR) is 146 cm³/mol. The van der Waals surface area contributed by atoms with Crippen molar-refractivity contribution in [3.05, 3.63) is 65.2 Å². The number of aliphatic hydroxyl groups excluding tert-OH is 1. The highest BCUT2D eigenvalue weighted by atomic mass is 16.6. The summed E-state index contributed by atoms with van der Waals surface area (Å²) in [7, 11) is 1.17. The van der Waals surface area contributed by atoms with Crippen LogP contribution in [0.25, 0.3) is 0 Å². The summed E-state index contributed by atoms with van der Waals surface area (Å²) in [4.78, 5) is 52.9. The molecule has 0 aliphatic heterocycles. The van der Waals surface area contributed by atoms with Crippen molar-refractivity contribution >= 4 is 23.9 Å². The van der Waals surface area contributed by atoms with E-state index in [0.29, 0.717) is 16.7 Å². The molecule has 0 aliphatic carbocycles. The van der Waals surface area contributed by atoms with Crippen molar-refractivity contribution < 1.29 is 38.9 Å². The molecule has 40 heavy (non-hydrogen) atoms. The van der Waals surface area contributed by atoms with Gasteiger partial charge in [0.05, 0.1) is 13.7 Å². The topological polar surface area (TPSA) is 154 Å². The number of phenols is 1. The van der Waals surface area contributed by atoms with Crippen LogP contribution in [0.15, 0.2) is 48.5 Å². The summed E-state index contributed by atoms with van der Waals surface area (Å²) in [6.45, 7) is 3.76. The maximum absolute atomic E-state index is 14.0. The number of benzene rings is 2. The van der Waals surface area contributed by atoms with E-state index in [9.17, 15) is 29.4 Å². The predicted octanol–water partition coefficient (Wildman–Crippen LogP) is 1.66. The third-order valence-electron chi connectivity index (χ3n) is 5.58. The van der Waals surface area contributed by atoms with Gasteiger partial charge in [-0.15, -0.1) is 6.42 Å².